The Kier molecular flexibility index (Phi) is 1.86. The van der Waals surface area contributed by atoms with Crippen molar-refractivity contribution in [3.63, 3.8) is 0 Å². The molecule has 1 saturated carbocycles. The van der Waals surface area contributed by atoms with E-state index in [0.29, 0.717) is 0 Å². The number of thioether (sulfide) groups is 1. The molecule has 3 rings (SSSR count). The standard InChI is InChI=1S/C11H14N2S/c12-11(2-3-11)10-6-13-5-8-7-14-4-1-9(8)10/h5-6H,1-4,7,12H2. The van der Waals surface area contributed by atoms with E-state index in [1.807, 2.05) is 24.2 Å². The minimum absolute atomic E-state index is 0.0135. The Hall–Kier alpha value is -0.540. The van der Waals surface area contributed by atoms with Crippen molar-refractivity contribution in [1.82, 2.24) is 4.98 Å². The van der Waals surface area contributed by atoms with E-state index in [2.05, 4.69) is 4.98 Å². The van der Waals surface area contributed by atoms with Gasteiger partial charge >= 0.3 is 0 Å². The first-order valence-electron chi connectivity index (χ1n) is 5.12. The van der Waals surface area contributed by atoms with Crippen LogP contribution in [-0.4, -0.2) is 10.7 Å². The summed E-state index contributed by atoms with van der Waals surface area (Å²) in [6.45, 7) is 0. The van der Waals surface area contributed by atoms with Crippen molar-refractivity contribution in [2.75, 3.05) is 5.75 Å². The van der Waals surface area contributed by atoms with Crippen molar-refractivity contribution in [3.8, 4) is 0 Å². The summed E-state index contributed by atoms with van der Waals surface area (Å²) in [6.07, 6.45) is 7.45. The number of hydrogen-bond donors (Lipinski definition) is 1. The number of hydrogen-bond acceptors (Lipinski definition) is 3. The number of nitrogens with two attached hydrogens (primary N) is 1. The zero-order chi connectivity index (χ0) is 9.60. The van der Waals surface area contributed by atoms with Crippen LogP contribution in [0.15, 0.2) is 12.4 Å². The average molecular weight is 206 g/mol. The van der Waals surface area contributed by atoms with Crippen molar-refractivity contribution in [1.29, 1.82) is 0 Å². The monoisotopic (exact) mass is 206 g/mol. The lowest BCUT2D eigenvalue weighted by molar-refractivity contribution is 0.718. The van der Waals surface area contributed by atoms with Crippen LogP contribution < -0.4 is 5.73 Å². The molecule has 14 heavy (non-hydrogen) atoms. The van der Waals surface area contributed by atoms with E-state index in [1.165, 1.54) is 28.9 Å². The third kappa shape index (κ3) is 1.27. The van der Waals surface area contributed by atoms with Gasteiger partial charge in [-0.1, -0.05) is 0 Å². The Morgan fingerprint density at radius 3 is 3.00 bits per heavy atom. The molecule has 2 aliphatic rings. The van der Waals surface area contributed by atoms with Crippen molar-refractivity contribution in [3.05, 3.63) is 29.1 Å². The molecular formula is C11H14N2S. The molecule has 2 heterocycles. The van der Waals surface area contributed by atoms with E-state index in [0.717, 1.165) is 18.6 Å². The molecule has 3 heteroatoms. The molecule has 2 nitrogen and oxygen atoms in total. The highest BCUT2D eigenvalue weighted by atomic mass is 32.2. The highest BCUT2D eigenvalue weighted by Gasteiger charge is 2.42. The Morgan fingerprint density at radius 1 is 1.36 bits per heavy atom. The molecule has 74 valence electrons. The van der Waals surface area contributed by atoms with Crippen molar-refractivity contribution in [2.45, 2.75) is 30.6 Å². The van der Waals surface area contributed by atoms with Crippen LogP contribution in [0.4, 0.5) is 0 Å². The molecule has 1 aromatic heterocycles. The van der Waals surface area contributed by atoms with Crippen molar-refractivity contribution in [2.24, 2.45) is 5.73 Å². The predicted molar refractivity (Wildman–Crippen MR) is 59.2 cm³/mol. The van der Waals surface area contributed by atoms with Gasteiger partial charge in [0.25, 0.3) is 0 Å². The van der Waals surface area contributed by atoms with Gasteiger partial charge in [0.1, 0.15) is 0 Å². The summed E-state index contributed by atoms with van der Waals surface area (Å²) in [5.41, 5.74) is 10.5. The normalized spacial score (nSPS) is 22.9. The molecule has 0 aromatic carbocycles. The van der Waals surface area contributed by atoms with Gasteiger partial charge in [0, 0.05) is 23.7 Å². The second-order valence-corrected chi connectivity index (χ2v) is 5.39. The van der Waals surface area contributed by atoms with Gasteiger partial charge < -0.3 is 5.73 Å². The fraction of sp³-hybridized carbons (Fsp3) is 0.545. The molecule has 2 N–H and O–H groups in total. The molecule has 1 fully saturated rings. The van der Waals surface area contributed by atoms with Crippen LogP contribution >= 0.6 is 11.8 Å². The summed E-state index contributed by atoms with van der Waals surface area (Å²) in [4.78, 5) is 4.31. The van der Waals surface area contributed by atoms with Crippen LogP contribution in [0.25, 0.3) is 0 Å². The minimum atomic E-state index is -0.0135. The topological polar surface area (TPSA) is 38.9 Å². The highest BCUT2D eigenvalue weighted by Crippen LogP contribution is 2.45. The molecule has 0 atom stereocenters. The number of aromatic nitrogens is 1. The van der Waals surface area contributed by atoms with E-state index in [1.54, 1.807) is 0 Å². The molecule has 0 radical (unpaired) electrons. The van der Waals surface area contributed by atoms with E-state index < -0.39 is 0 Å². The Morgan fingerprint density at radius 2 is 2.21 bits per heavy atom. The van der Waals surface area contributed by atoms with Gasteiger partial charge in [-0.05, 0) is 41.7 Å². The average Bonchev–Trinajstić information content (AvgIpc) is 2.97. The predicted octanol–water partition coefficient (Wildman–Crippen LogP) is 1.82. The fourth-order valence-electron chi connectivity index (χ4n) is 2.14. The van der Waals surface area contributed by atoms with E-state index in [4.69, 9.17) is 5.73 Å². The van der Waals surface area contributed by atoms with Gasteiger partial charge in [-0.25, -0.2) is 0 Å². The lowest BCUT2D eigenvalue weighted by Gasteiger charge is -2.21. The quantitative estimate of drug-likeness (QED) is 0.761. The van der Waals surface area contributed by atoms with E-state index in [-0.39, 0.29) is 5.54 Å². The van der Waals surface area contributed by atoms with Crippen LogP contribution in [0.5, 0.6) is 0 Å². The Bertz CT molecular complexity index is 372. The molecule has 0 amide bonds. The number of fused-ring (bicyclic) bond motifs is 1. The molecule has 1 aromatic rings. The number of pyridine rings is 1. The molecule has 0 spiro atoms. The van der Waals surface area contributed by atoms with Gasteiger partial charge in [0.05, 0.1) is 0 Å². The van der Waals surface area contributed by atoms with Crippen molar-refractivity contribution >= 4 is 11.8 Å². The van der Waals surface area contributed by atoms with Gasteiger partial charge in [-0.3, -0.25) is 4.98 Å². The highest BCUT2D eigenvalue weighted by molar-refractivity contribution is 7.98. The third-order valence-electron chi connectivity index (χ3n) is 3.23. The van der Waals surface area contributed by atoms with Gasteiger partial charge in [-0.2, -0.15) is 11.8 Å². The third-order valence-corrected chi connectivity index (χ3v) is 4.23. The van der Waals surface area contributed by atoms with Crippen LogP contribution in [-0.2, 0) is 17.7 Å². The lowest BCUT2D eigenvalue weighted by Crippen LogP contribution is -2.23. The maximum absolute atomic E-state index is 6.25. The van der Waals surface area contributed by atoms with Crippen LogP contribution in [0.1, 0.15) is 29.5 Å². The second-order valence-electron chi connectivity index (χ2n) is 4.28. The molecule has 0 unspecified atom stereocenters. The first kappa shape index (κ1) is 8.74. The molecule has 1 aliphatic carbocycles. The maximum Gasteiger partial charge on any atom is 0.0429 e. The van der Waals surface area contributed by atoms with Crippen LogP contribution in [0.2, 0.25) is 0 Å². The Labute approximate surface area is 88.3 Å². The number of rotatable bonds is 1. The SMILES string of the molecule is NC1(c2cncc3c2CCSC3)CC1. The first-order valence-corrected chi connectivity index (χ1v) is 6.28. The number of nitrogens with zero attached hydrogens (tertiary/aromatic N) is 1. The smallest absolute Gasteiger partial charge is 0.0429 e. The summed E-state index contributed by atoms with van der Waals surface area (Å²) < 4.78 is 0. The summed E-state index contributed by atoms with van der Waals surface area (Å²) >= 11 is 2.00. The van der Waals surface area contributed by atoms with E-state index in [9.17, 15) is 0 Å². The maximum atomic E-state index is 6.25. The Balaban J connectivity index is 2.11. The molecule has 0 saturated heterocycles. The van der Waals surface area contributed by atoms with E-state index >= 15 is 0 Å². The molecular weight excluding hydrogens is 192 g/mol. The summed E-state index contributed by atoms with van der Waals surface area (Å²) in [5, 5.41) is 0. The fourth-order valence-corrected chi connectivity index (χ4v) is 3.10. The molecule has 0 bridgehead atoms. The first-order chi connectivity index (χ1) is 6.80. The largest absolute Gasteiger partial charge is 0.321 e. The molecule has 1 aliphatic heterocycles. The summed E-state index contributed by atoms with van der Waals surface area (Å²) in [5.74, 6) is 2.35. The zero-order valence-corrected chi connectivity index (χ0v) is 8.94. The van der Waals surface area contributed by atoms with Gasteiger partial charge in [0.15, 0.2) is 0 Å². The minimum Gasteiger partial charge on any atom is -0.321 e. The van der Waals surface area contributed by atoms with Gasteiger partial charge in [0.2, 0.25) is 0 Å². The summed E-state index contributed by atoms with van der Waals surface area (Å²) in [7, 11) is 0. The van der Waals surface area contributed by atoms with Crippen LogP contribution in [0, 0.1) is 0 Å². The lowest BCUT2D eigenvalue weighted by atomic mass is 9.96. The van der Waals surface area contributed by atoms with Crippen LogP contribution in [0.3, 0.4) is 0 Å². The summed E-state index contributed by atoms with van der Waals surface area (Å²) in [6, 6.07) is 0. The van der Waals surface area contributed by atoms with Gasteiger partial charge in [-0.15, -0.1) is 0 Å². The van der Waals surface area contributed by atoms with Crippen molar-refractivity contribution < 1.29 is 0 Å². The zero-order valence-electron chi connectivity index (χ0n) is 8.12. The second kappa shape index (κ2) is 2.97.